The molecule has 2 N–H and O–H groups in total. The lowest BCUT2D eigenvalue weighted by Gasteiger charge is -2.30. The first-order valence-corrected chi connectivity index (χ1v) is 9.46. The smallest absolute Gasteiger partial charge is 0.157 e. The van der Waals surface area contributed by atoms with Crippen molar-refractivity contribution < 1.29 is 5.11 Å². The van der Waals surface area contributed by atoms with E-state index in [9.17, 15) is 5.11 Å². The molecule has 7 heteroatoms. The molecule has 1 fully saturated rings. The first-order chi connectivity index (χ1) is 12.7. The van der Waals surface area contributed by atoms with Crippen molar-refractivity contribution in [3.05, 3.63) is 35.2 Å². The van der Waals surface area contributed by atoms with Crippen LogP contribution < -0.4 is 5.32 Å². The molecule has 0 aliphatic carbocycles. The summed E-state index contributed by atoms with van der Waals surface area (Å²) >= 11 is 1.58. The lowest BCUT2D eigenvalue weighted by molar-refractivity contribution is 0.261. The quantitative estimate of drug-likeness (QED) is 0.739. The van der Waals surface area contributed by atoms with Gasteiger partial charge in [-0.15, -0.1) is 21.5 Å². The molecule has 0 saturated carbocycles. The molecule has 1 aliphatic heterocycles. The van der Waals surface area contributed by atoms with Gasteiger partial charge in [0.1, 0.15) is 11.4 Å². The van der Waals surface area contributed by atoms with Crippen LogP contribution in [0.1, 0.15) is 18.4 Å². The zero-order valence-electron chi connectivity index (χ0n) is 14.4. The zero-order chi connectivity index (χ0) is 18.1. The van der Waals surface area contributed by atoms with E-state index in [1.165, 1.54) is 12.5 Å². The summed E-state index contributed by atoms with van der Waals surface area (Å²) in [4.78, 5) is 2.32. The van der Waals surface area contributed by atoms with Gasteiger partial charge in [-0.1, -0.05) is 0 Å². The van der Waals surface area contributed by atoms with Crippen molar-refractivity contribution in [3.8, 4) is 23.1 Å². The number of nitrogens with one attached hydrogen (secondary N) is 1. The minimum absolute atomic E-state index is 0.0441. The summed E-state index contributed by atoms with van der Waals surface area (Å²) in [6.07, 6.45) is 2.29. The monoisotopic (exact) mass is 365 g/mol. The highest BCUT2D eigenvalue weighted by atomic mass is 32.1. The Bertz CT molecular complexity index is 993. The zero-order valence-corrected chi connectivity index (χ0v) is 15.3. The fourth-order valence-electron chi connectivity index (χ4n) is 3.44. The van der Waals surface area contributed by atoms with Gasteiger partial charge in [-0.05, 0) is 56.1 Å². The molecule has 26 heavy (non-hydrogen) atoms. The standard InChI is InChI=1S/C19H19N5OS/c1-24-7-2-3-13(11-24)21-19-15-6-8-26-18(15)17(22-23-19)14-5-4-12(10-20)9-16(14)25/h4-6,8-9,13,25H,2-3,7,11H2,1H3,(H,21,23)/t13-/m1/s1. The lowest BCUT2D eigenvalue weighted by Crippen LogP contribution is -2.39. The summed E-state index contributed by atoms with van der Waals surface area (Å²) in [5.74, 6) is 0.834. The number of phenolic OH excluding ortho intramolecular Hbond substituents is 1. The van der Waals surface area contributed by atoms with E-state index >= 15 is 0 Å². The van der Waals surface area contributed by atoms with Crippen molar-refractivity contribution in [2.24, 2.45) is 0 Å². The minimum Gasteiger partial charge on any atom is -0.507 e. The van der Waals surface area contributed by atoms with Crippen LogP contribution in [0.4, 0.5) is 5.82 Å². The lowest BCUT2D eigenvalue weighted by atomic mass is 10.1. The van der Waals surface area contributed by atoms with Crippen LogP contribution in [0.3, 0.4) is 0 Å². The van der Waals surface area contributed by atoms with E-state index in [2.05, 4.69) is 27.5 Å². The van der Waals surface area contributed by atoms with Crippen molar-refractivity contribution in [1.29, 1.82) is 5.26 Å². The second-order valence-electron chi connectivity index (χ2n) is 6.65. The summed E-state index contributed by atoms with van der Waals surface area (Å²) in [7, 11) is 2.14. The number of likely N-dealkylation sites (N-methyl/N-ethyl adjacent to an activating group) is 1. The number of thiophene rings is 1. The van der Waals surface area contributed by atoms with Gasteiger partial charge in [-0.25, -0.2) is 0 Å². The fraction of sp³-hybridized carbons (Fsp3) is 0.316. The van der Waals surface area contributed by atoms with E-state index in [0.29, 0.717) is 22.9 Å². The van der Waals surface area contributed by atoms with E-state index in [4.69, 9.17) is 5.26 Å². The topological polar surface area (TPSA) is 85.1 Å². The molecule has 4 rings (SSSR count). The number of benzene rings is 1. The van der Waals surface area contributed by atoms with Gasteiger partial charge in [0.2, 0.25) is 0 Å². The molecule has 1 saturated heterocycles. The molecule has 0 radical (unpaired) electrons. The van der Waals surface area contributed by atoms with Crippen LogP contribution in [0, 0.1) is 11.3 Å². The summed E-state index contributed by atoms with van der Waals surface area (Å²) < 4.78 is 0.978. The summed E-state index contributed by atoms with van der Waals surface area (Å²) in [6, 6.07) is 9.29. The summed E-state index contributed by atoms with van der Waals surface area (Å²) in [6.45, 7) is 2.13. The highest BCUT2D eigenvalue weighted by Gasteiger charge is 2.20. The van der Waals surface area contributed by atoms with Gasteiger partial charge >= 0.3 is 0 Å². The number of aromatic hydroxyl groups is 1. The number of hydrogen-bond donors (Lipinski definition) is 2. The van der Waals surface area contributed by atoms with Crippen molar-refractivity contribution in [3.63, 3.8) is 0 Å². The number of likely N-dealkylation sites (tertiary alicyclic amines) is 1. The Morgan fingerprint density at radius 1 is 1.35 bits per heavy atom. The number of nitriles is 1. The normalized spacial score (nSPS) is 17.9. The SMILES string of the molecule is CN1CCC[C@@H](Nc2nnc(-c3ccc(C#N)cc3O)c3sccc23)C1. The van der Waals surface area contributed by atoms with Crippen LogP contribution >= 0.6 is 11.3 Å². The average molecular weight is 365 g/mol. The molecule has 6 nitrogen and oxygen atoms in total. The Kier molecular flexibility index (Phi) is 4.45. The third-order valence-corrected chi connectivity index (χ3v) is 5.65. The molecular weight excluding hydrogens is 346 g/mol. The van der Waals surface area contributed by atoms with Gasteiger partial charge in [0.15, 0.2) is 5.82 Å². The summed E-state index contributed by atoms with van der Waals surface area (Å²) in [5.41, 5.74) is 1.65. The fourth-order valence-corrected chi connectivity index (χ4v) is 4.33. The van der Waals surface area contributed by atoms with E-state index in [1.54, 1.807) is 23.5 Å². The molecule has 1 aliphatic rings. The highest BCUT2D eigenvalue weighted by Crippen LogP contribution is 2.38. The highest BCUT2D eigenvalue weighted by molar-refractivity contribution is 7.17. The molecule has 3 aromatic rings. The van der Waals surface area contributed by atoms with Crippen molar-refractivity contribution in [2.45, 2.75) is 18.9 Å². The van der Waals surface area contributed by atoms with Crippen molar-refractivity contribution >= 4 is 27.2 Å². The maximum Gasteiger partial charge on any atom is 0.157 e. The van der Waals surface area contributed by atoms with E-state index in [0.717, 1.165) is 35.4 Å². The Morgan fingerprint density at radius 3 is 3.00 bits per heavy atom. The molecule has 2 aromatic heterocycles. The molecule has 0 unspecified atom stereocenters. The van der Waals surface area contributed by atoms with Gasteiger partial charge in [-0.2, -0.15) is 5.26 Å². The van der Waals surface area contributed by atoms with Gasteiger partial charge in [0.25, 0.3) is 0 Å². The third-order valence-electron chi connectivity index (χ3n) is 4.73. The van der Waals surface area contributed by atoms with Crippen LogP contribution in [0.2, 0.25) is 0 Å². The second kappa shape index (κ2) is 6.90. The van der Waals surface area contributed by atoms with E-state index in [1.807, 2.05) is 17.5 Å². The molecule has 0 amide bonds. The first-order valence-electron chi connectivity index (χ1n) is 8.58. The molecule has 1 aromatic carbocycles. The van der Waals surface area contributed by atoms with Gasteiger partial charge in [-0.3, -0.25) is 0 Å². The number of aromatic nitrogens is 2. The largest absolute Gasteiger partial charge is 0.507 e. The molecule has 1 atom stereocenters. The van der Waals surface area contributed by atoms with E-state index in [-0.39, 0.29) is 5.75 Å². The molecule has 3 heterocycles. The Hall–Kier alpha value is -2.69. The van der Waals surface area contributed by atoms with Gasteiger partial charge in [0.05, 0.1) is 16.3 Å². The van der Waals surface area contributed by atoms with Crippen molar-refractivity contribution in [2.75, 3.05) is 25.5 Å². The van der Waals surface area contributed by atoms with Gasteiger partial charge < -0.3 is 15.3 Å². The Morgan fingerprint density at radius 2 is 2.23 bits per heavy atom. The maximum absolute atomic E-state index is 10.3. The Balaban J connectivity index is 1.71. The number of hydrogen-bond acceptors (Lipinski definition) is 7. The third kappa shape index (κ3) is 3.09. The number of phenols is 1. The van der Waals surface area contributed by atoms with E-state index < -0.39 is 0 Å². The van der Waals surface area contributed by atoms with Crippen molar-refractivity contribution in [1.82, 2.24) is 15.1 Å². The van der Waals surface area contributed by atoms with Crippen LogP contribution in [0.25, 0.3) is 21.3 Å². The van der Waals surface area contributed by atoms with Crippen LogP contribution in [0.5, 0.6) is 5.75 Å². The number of anilines is 1. The predicted octanol–water partition coefficient (Wildman–Crippen LogP) is 3.44. The molecule has 0 spiro atoms. The molecule has 132 valence electrons. The second-order valence-corrected chi connectivity index (χ2v) is 7.57. The Labute approximate surface area is 155 Å². The molecular formula is C19H19N5OS. The van der Waals surface area contributed by atoms with Crippen LogP contribution in [-0.2, 0) is 0 Å². The number of rotatable bonds is 3. The first kappa shape index (κ1) is 16.8. The van der Waals surface area contributed by atoms with Crippen LogP contribution in [-0.4, -0.2) is 46.4 Å². The van der Waals surface area contributed by atoms with Gasteiger partial charge in [0, 0.05) is 23.5 Å². The molecule has 0 bridgehead atoms. The minimum atomic E-state index is 0.0441. The predicted molar refractivity (Wildman–Crippen MR) is 103 cm³/mol. The van der Waals surface area contributed by atoms with Crippen LogP contribution in [0.15, 0.2) is 29.6 Å². The maximum atomic E-state index is 10.3. The average Bonchev–Trinajstić information content (AvgIpc) is 3.13. The number of nitrogens with zero attached hydrogens (tertiary/aromatic N) is 4. The number of piperidine rings is 1. The summed E-state index contributed by atoms with van der Waals surface area (Å²) in [5, 5.41) is 34.6. The number of fused-ring (bicyclic) bond motifs is 1.